The highest BCUT2D eigenvalue weighted by atomic mass is 16.5. The Kier molecular flexibility index (Phi) is 3.80. The normalized spacial score (nSPS) is 13.5. The van der Waals surface area contributed by atoms with Crippen LogP contribution in [-0.4, -0.2) is 45.3 Å². The van der Waals surface area contributed by atoms with E-state index in [0.717, 1.165) is 16.5 Å². The fourth-order valence-corrected chi connectivity index (χ4v) is 3.29. The molecular weight excluding hydrogens is 334 g/mol. The standard InChI is InChI=1S/C18H17N5O3/c1-26-18(25)22-5-4-14-12(10-22)7-20-9-15(14)17(24)23-16-3-2-13(19)6-11(16)8-21-23/h2-3,6-9H,4-5,10,19H2,1H3. The summed E-state index contributed by atoms with van der Waals surface area (Å²) in [5.74, 6) is -0.249. The lowest BCUT2D eigenvalue weighted by Gasteiger charge is -2.28. The minimum atomic E-state index is -0.386. The quantitative estimate of drug-likeness (QED) is 0.671. The van der Waals surface area contributed by atoms with E-state index in [1.165, 1.54) is 11.8 Å². The second-order valence-corrected chi connectivity index (χ2v) is 6.15. The molecule has 2 aromatic heterocycles. The zero-order valence-corrected chi connectivity index (χ0v) is 14.2. The highest BCUT2D eigenvalue weighted by Crippen LogP contribution is 2.24. The lowest BCUT2D eigenvalue weighted by atomic mass is 9.97. The predicted molar refractivity (Wildman–Crippen MR) is 94.6 cm³/mol. The third-order valence-electron chi connectivity index (χ3n) is 4.59. The third kappa shape index (κ3) is 2.55. The Morgan fingerprint density at radius 2 is 2.08 bits per heavy atom. The summed E-state index contributed by atoms with van der Waals surface area (Å²) >= 11 is 0. The molecule has 0 bridgehead atoms. The summed E-state index contributed by atoms with van der Waals surface area (Å²) in [6, 6.07) is 5.29. The van der Waals surface area contributed by atoms with Gasteiger partial charge in [0.05, 0.1) is 30.9 Å². The highest BCUT2D eigenvalue weighted by Gasteiger charge is 2.26. The number of carbonyl (C=O) groups excluding carboxylic acids is 2. The molecule has 26 heavy (non-hydrogen) atoms. The molecule has 8 heteroatoms. The molecule has 1 aliphatic heterocycles. The van der Waals surface area contributed by atoms with Gasteiger partial charge in [-0.15, -0.1) is 0 Å². The van der Waals surface area contributed by atoms with Crippen molar-refractivity contribution in [3.8, 4) is 0 Å². The Bertz CT molecular complexity index is 1030. The Morgan fingerprint density at radius 1 is 1.23 bits per heavy atom. The zero-order valence-electron chi connectivity index (χ0n) is 14.2. The number of hydrogen-bond acceptors (Lipinski definition) is 6. The fourth-order valence-electron chi connectivity index (χ4n) is 3.29. The van der Waals surface area contributed by atoms with Crippen LogP contribution in [-0.2, 0) is 17.7 Å². The average molecular weight is 351 g/mol. The maximum atomic E-state index is 13.1. The molecule has 4 rings (SSSR count). The van der Waals surface area contributed by atoms with Crippen molar-refractivity contribution < 1.29 is 14.3 Å². The summed E-state index contributed by atoms with van der Waals surface area (Å²) in [6.45, 7) is 0.854. The molecule has 0 aliphatic carbocycles. The first kappa shape index (κ1) is 16.1. The molecule has 1 aromatic carbocycles. The van der Waals surface area contributed by atoms with E-state index in [2.05, 4.69) is 10.1 Å². The molecule has 0 atom stereocenters. The van der Waals surface area contributed by atoms with Gasteiger partial charge in [0.25, 0.3) is 5.91 Å². The second kappa shape index (κ2) is 6.14. The summed E-state index contributed by atoms with van der Waals surface area (Å²) in [7, 11) is 1.35. The maximum Gasteiger partial charge on any atom is 0.409 e. The molecule has 0 saturated heterocycles. The number of aromatic nitrogens is 3. The van der Waals surface area contributed by atoms with E-state index in [-0.39, 0.29) is 12.0 Å². The molecule has 0 radical (unpaired) electrons. The lowest BCUT2D eigenvalue weighted by molar-refractivity contribution is 0.0948. The summed E-state index contributed by atoms with van der Waals surface area (Å²) in [5.41, 5.74) is 9.32. The van der Waals surface area contributed by atoms with Crippen LogP contribution in [0.25, 0.3) is 10.9 Å². The van der Waals surface area contributed by atoms with Gasteiger partial charge < -0.3 is 15.4 Å². The molecule has 1 amide bonds. The minimum Gasteiger partial charge on any atom is -0.453 e. The molecular formula is C18H17N5O3. The lowest BCUT2D eigenvalue weighted by Crippen LogP contribution is -2.36. The number of carbonyl (C=O) groups is 2. The number of fused-ring (bicyclic) bond motifs is 2. The number of methoxy groups -OCH3 is 1. The van der Waals surface area contributed by atoms with Gasteiger partial charge in [0.2, 0.25) is 0 Å². The number of ether oxygens (including phenoxy) is 1. The number of anilines is 1. The molecule has 0 fully saturated rings. The van der Waals surface area contributed by atoms with Gasteiger partial charge in [-0.1, -0.05) is 0 Å². The van der Waals surface area contributed by atoms with Crippen LogP contribution in [0.1, 0.15) is 21.5 Å². The van der Waals surface area contributed by atoms with Crippen LogP contribution in [0.15, 0.2) is 36.8 Å². The van der Waals surface area contributed by atoms with Crippen molar-refractivity contribution in [1.29, 1.82) is 0 Å². The Hall–Kier alpha value is -3.42. The monoisotopic (exact) mass is 351 g/mol. The van der Waals surface area contributed by atoms with Crippen LogP contribution in [0.4, 0.5) is 10.5 Å². The van der Waals surface area contributed by atoms with Crippen molar-refractivity contribution in [2.75, 3.05) is 19.4 Å². The number of nitrogens with zero attached hydrogens (tertiary/aromatic N) is 4. The summed E-state index contributed by atoms with van der Waals surface area (Å²) in [4.78, 5) is 30.6. The van der Waals surface area contributed by atoms with Gasteiger partial charge in [-0.2, -0.15) is 9.78 Å². The van der Waals surface area contributed by atoms with Gasteiger partial charge in [0, 0.05) is 30.0 Å². The summed E-state index contributed by atoms with van der Waals surface area (Å²) < 4.78 is 6.13. The number of amides is 1. The van der Waals surface area contributed by atoms with Crippen molar-refractivity contribution in [2.24, 2.45) is 0 Å². The Balaban J connectivity index is 1.72. The van der Waals surface area contributed by atoms with Crippen molar-refractivity contribution in [3.05, 3.63) is 53.5 Å². The van der Waals surface area contributed by atoms with E-state index in [1.807, 2.05) is 0 Å². The van der Waals surface area contributed by atoms with Gasteiger partial charge in [-0.25, -0.2) is 4.79 Å². The van der Waals surface area contributed by atoms with E-state index in [4.69, 9.17) is 10.5 Å². The van der Waals surface area contributed by atoms with Crippen LogP contribution in [0, 0.1) is 0 Å². The van der Waals surface area contributed by atoms with Crippen LogP contribution >= 0.6 is 0 Å². The molecule has 132 valence electrons. The topological polar surface area (TPSA) is 103 Å². The number of benzene rings is 1. The van der Waals surface area contributed by atoms with Crippen molar-refractivity contribution in [1.82, 2.24) is 19.7 Å². The minimum absolute atomic E-state index is 0.249. The van der Waals surface area contributed by atoms with Gasteiger partial charge in [-0.05, 0) is 35.7 Å². The number of pyridine rings is 1. The van der Waals surface area contributed by atoms with Gasteiger partial charge in [-0.3, -0.25) is 9.78 Å². The van der Waals surface area contributed by atoms with Crippen molar-refractivity contribution in [3.63, 3.8) is 0 Å². The molecule has 0 unspecified atom stereocenters. The first-order valence-electron chi connectivity index (χ1n) is 8.15. The van der Waals surface area contributed by atoms with Gasteiger partial charge in [0.1, 0.15) is 0 Å². The van der Waals surface area contributed by atoms with Crippen molar-refractivity contribution >= 4 is 28.6 Å². The molecule has 1 aliphatic rings. The van der Waals surface area contributed by atoms with Crippen LogP contribution < -0.4 is 5.73 Å². The number of nitrogens with two attached hydrogens (primary N) is 1. The Labute approximate surface area is 149 Å². The number of nitrogen functional groups attached to an aromatic ring is 1. The molecule has 3 heterocycles. The van der Waals surface area contributed by atoms with Gasteiger partial charge >= 0.3 is 6.09 Å². The SMILES string of the molecule is COC(=O)N1CCc2c(cncc2C(=O)n2ncc3cc(N)ccc32)C1. The first-order chi connectivity index (χ1) is 12.6. The van der Waals surface area contributed by atoms with E-state index in [0.29, 0.717) is 36.3 Å². The molecule has 0 saturated carbocycles. The van der Waals surface area contributed by atoms with Crippen LogP contribution in [0.2, 0.25) is 0 Å². The summed E-state index contributed by atoms with van der Waals surface area (Å²) in [6.07, 6.45) is 5.03. The number of hydrogen-bond donors (Lipinski definition) is 1. The molecule has 0 spiro atoms. The maximum absolute atomic E-state index is 13.1. The van der Waals surface area contributed by atoms with E-state index in [9.17, 15) is 9.59 Å². The fraction of sp³-hybridized carbons (Fsp3) is 0.222. The summed E-state index contributed by atoms with van der Waals surface area (Å²) in [5, 5.41) is 5.02. The zero-order chi connectivity index (χ0) is 18.3. The number of rotatable bonds is 1. The van der Waals surface area contributed by atoms with Crippen molar-refractivity contribution in [2.45, 2.75) is 13.0 Å². The highest BCUT2D eigenvalue weighted by molar-refractivity contribution is 6.02. The predicted octanol–water partition coefficient (Wildman–Crippen LogP) is 1.83. The van der Waals surface area contributed by atoms with Crippen LogP contribution in [0.3, 0.4) is 0 Å². The largest absolute Gasteiger partial charge is 0.453 e. The van der Waals surface area contributed by atoms with Gasteiger partial charge in [0.15, 0.2) is 0 Å². The first-order valence-corrected chi connectivity index (χ1v) is 8.15. The Morgan fingerprint density at radius 3 is 2.88 bits per heavy atom. The van der Waals surface area contributed by atoms with E-state index >= 15 is 0 Å². The molecule has 3 aromatic rings. The smallest absolute Gasteiger partial charge is 0.409 e. The van der Waals surface area contributed by atoms with E-state index < -0.39 is 0 Å². The average Bonchev–Trinajstić information content (AvgIpc) is 3.08. The van der Waals surface area contributed by atoms with Crippen LogP contribution in [0.5, 0.6) is 0 Å². The third-order valence-corrected chi connectivity index (χ3v) is 4.59. The molecule has 2 N–H and O–H groups in total. The second-order valence-electron chi connectivity index (χ2n) is 6.15. The molecule has 8 nitrogen and oxygen atoms in total. The van der Waals surface area contributed by atoms with E-state index in [1.54, 1.807) is 41.7 Å².